The molecule has 1 saturated carbocycles. The van der Waals surface area contributed by atoms with Crippen molar-refractivity contribution in [1.82, 2.24) is 10.6 Å². The first-order valence-electron chi connectivity index (χ1n) is 10.1. The van der Waals surface area contributed by atoms with E-state index in [-0.39, 0.29) is 24.4 Å². The van der Waals surface area contributed by atoms with Crippen LogP contribution in [-0.4, -0.2) is 29.7 Å². The maximum Gasteiger partial charge on any atom is 0.217 e. The monoisotopic (exact) mass is 402 g/mol. The molecule has 0 aromatic heterocycles. The van der Waals surface area contributed by atoms with Gasteiger partial charge in [0.25, 0.3) is 0 Å². The topological polar surface area (TPSA) is 61.4 Å². The smallest absolute Gasteiger partial charge is 0.217 e. The van der Waals surface area contributed by atoms with E-state index in [0.717, 1.165) is 25.3 Å². The van der Waals surface area contributed by atoms with Crippen LogP contribution in [0.15, 0.2) is 42.5 Å². The van der Waals surface area contributed by atoms with Gasteiger partial charge in [-0.1, -0.05) is 31.2 Å². The minimum Gasteiger partial charge on any atom is -0.390 e. The minimum atomic E-state index is -0.905. The van der Waals surface area contributed by atoms with Gasteiger partial charge in [0, 0.05) is 25.1 Å². The fourth-order valence-electron chi connectivity index (χ4n) is 3.75. The van der Waals surface area contributed by atoms with E-state index in [1.165, 1.54) is 30.2 Å². The molecule has 0 aliphatic heterocycles. The van der Waals surface area contributed by atoms with Crippen molar-refractivity contribution in [2.75, 3.05) is 6.54 Å². The number of benzene rings is 2. The summed E-state index contributed by atoms with van der Waals surface area (Å²) in [4.78, 5) is 11.6. The van der Waals surface area contributed by atoms with Crippen LogP contribution >= 0.6 is 0 Å². The predicted molar refractivity (Wildman–Crippen MR) is 108 cm³/mol. The van der Waals surface area contributed by atoms with E-state index in [2.05, 4.69) is 35.8 Å². The summed E-state index contributed by atoms with van der Waals surface area (Å²) in [7, 11) is 0. The zero-order valence-electron chi connectivity index (χ0n) is 16.8. The van der Waals surface area contributed by atoms with Crippen LogP contribution in [0.1, 0.15) is 43.4 Å². The summed E-state index contributed by atoms with van der Waals surface area (Å²) in [6.45, 7) is 3.74. The maximum absolute atomic E-state index is 13.5. The van der Waals surface area contributed by atoms with Crippen molar-refractivity contribution in [2.24, 2.45) is 0 Å². The van der Waals surface area contributed by atoms with E-state index in [9.17, 15) is 18.7 Å². The number of hydrogen-bond donors (Lipinski definition) is 3. The molecule has 3 rings (SSSR count). The summed E-state index contributed by atoms with van der Waals surface area (Å²) >= 11 is 0. The first kappa shape index (κ1) is 21.4. The van der Waals surface area contributed by atoms with Crippen LogP contribution in [-0.2, 0) is 23.2 Å². The largest absolute Gasteiger partial charge is 0.390 e. The van der Waals surface area contributed by atoms with Crippen LogP contribution in [0.2, 0.25) is 0 Å². The fraction of sp³-hybridized carbons (Fsp3) is 0.435. The van der Waals surface area contributed by atoms with Gasteiger partial charge in [0.1, 0.15) is 11.6 Å². The Kier molecular flexibility index (Phi) is 6.65. The lowest BCUT2D eigenvalue weighted by Gasteiger charge is -2.27. The van der Waals surface area contributed by atoms with Crippen molar-refractivity contribution in [3.8, 4) is 0 Å². The Morgan fingerprint density at radius 3 is 2.41 bits per heavy atom. The molecule has 156 valence electrons. The van der Waals surface area contributed by atoms with Crippen LogP contribution < -0.4 is 10.6 Å². The summed E-state index contributed by atoms with van der Waals surface area (Å²) in [5, 5.41) is 16.9. The van der Waals surface area contributed by atoms with Gasteiger partial charge in [0.2, 0.25) is 5.91 Å². The highest BCUT2D eigenvalue weighted by atomic mass is 19.1. The van der Waals surface area contributed by atoms with Gasteiger partial charge in [0.15, 0.2) is 0 Å². The molecule has 1 fully saturated rings. The van der Waals surface area contributed by atoms with Gasteiger partial charge in [-0.2, -0.15) is 0 Å². The summed E-state index contributed by atoms with van der Waals surface area (Å²) in [5.41, 5.74) is 2.70. The van der Waals surface area contributed by atoms with Crippen LogP contribution in [0.3, 0.4) is 0 Å². The number of aliphatic hydroxyl groups is 1. The van der Waals surface area contributed by atoms with E-state index < -0.39 is 23.8 Å². The average molecular weight is 402 g/mol. The summed E-state index contributed by atoms with van der Waals surface area (Å²) < 4.78 is 27.0. The van der Waals surface area contributed by atoms with Gasteiger partial charge in [-0.25, -0.2) is 8.78 Å². The van der Waals surface area contributed by atoms with Gasteiger partial charge in [-0.15, -0.1) is 0 Å². The Hall–Kier alpha value is -2.31. The highest BCUT2D eigenvalue weighted by molar-refractivity contribution is 5.73. The van der Waals surface area contributed by atoms with Crippen LogP contribution in [0, 0.1) is 11.6 Å². The molecule has 0 bridgehead atoms. The standard InChI is InChI=1S/C23H28F2N2O2/c1-3-16-5-4-6-18(9-16)23(7-8-23)26-14-22(29)21(27-15(2)28)12-17-10-19(24)13-20(25)11-17/h4-6,9-11,13,21-22,26,29H,3,7-8,12,14H2,1-2H3,(H,27,28)/t21-,22-/m0/s1. The number of hydrogen-bond acceptors (Lipinski definition) is 3. The van der Waals surface area contributed by atoms with Gasteiger partial charge >= 0.3 is 0 Å². The maximum atomic E-state index is 13.5. The number of amides is 1. The summed E-state index contributed by atoms with van der Waals surface area (Å²) in [6, 6.07) is 11.0. The van der Waals surface area contributed by atoms with Crippen molar-refractivity contribution in [3.63, 3.8) is 0 Å². The summed E-state index contributed by atoms with van der Waals surface area (Å²) in [5.74, 6) is -1.66. The third kappa shape index (κ3) is 5.61. The second-order valence-corrected chi connectivity index (χ2v) is 7.87. The Bertz CT molecular complexity index is 847. The normalized spacial score (nSPS) is 16.9. The van der Waals surface area contributed by atoms with Gasteiger partial charge in [0.05, 0.1) is 12.1 Å². The van der Waals surface area contributed by atoms with Crippen LogP contribution in [0.25, 0.3) is 0 Å². The van der Waals surface area contributed by atoms with Crippen molar-refractivity contribution >= 4 is 5.91 Å². The second-order valence-electron chi connectivity index (χ2n) is 7.87. The molecule has 0 spiro atoms. The molecule has 0 heterocycles. The second kappa shape index (κ2) is 9.01. The number of carbonyl (C=O) groups is 1. The Labute approximate surface area is 170 Å². The van der Waals surface area contributed by atoms with E-state index in [1.807, 2.05) is 6.07 Å². The Morgan fingerprint density at radius 2 is 1.83 bits per heavy atom. The number of carbonyl (C=O) groups excluding carboxylic acids is 1. The molecule has 1 aliphatic rings. The lowest BCUT2D eigenvalue weighted by atomic mass is 9.98. The van der Waals surface area contributed by atoms with Crippen LogP contribution in [0.4, 0.5) is 8.78 Å². The molecule has 29 heavy (non-hydrogen) atoms. The molecule has 0 saturated heterocycles. The molecule has 2 aromatic carbocycles. The molecule has 4 nitrogen and oxygen atoms in total. The first-order chi connectivity index (χ1) is 13.8. The quantitative estimate of drug-likeness (QED) is 0.604. The van der Waals surface area contributed by atoms with Crippen molar-refractivity contribution in [3.05, 3.63) is 70.8 Å². The Balaban J connectivity index is 1.68. The lowest BCUT2D eigenvalue weighted by molar-refractivity contribution is -0.120. The number of nitrogens with one attached hydrogen (secondary N) is 2. The molecule has 3 N–H and O–H groups in total. The highest BCUT2D eigenvalue weighted by Crippen LogP contribution is 2.45. The zero-order chi connectivity index (χ0) is 21.0. The minimum absolute atomic E-state index is 0.134. The van der Waals surface area contributed by atoms with Gasteiger partial charge < -0.3 is 15.7 Å². The summed E-state index contributed by atoms with van der Waals surface area (Å²) in [6.07, 6.45) is 2.15. The molecule has 1 amide bonds. The van der Waals surface area contributed by atoms with Crippen LogP contribution in [0.5, 0.6) is 0 Å². The van der Waals surface area contributed by atoms with E-state index in [1.54, 1.807) is 0 Å². The number of aliphatic hydroxyl groups excluding tert-OH is 1. The number of halogens is 2. The van der Waals surface area contributed by atoms with Crippen molar-refractivity contribution in [2.45, 2.75) is 57.2 Å². The third-order valence-electron chi connectivity index (χ3n) is 5.52. The van der Waals surface area contributed by atoms with Gasteiger partial charge in [-0.05, 0) is 54.5 Å². The number of rotatable bonds is 9. The Morgan fingerprint density at radius 1 is 1.14 bits per heavy atom. The average Bonchev–Trinajstić information content (AvgIpc) is 3.46. The third-order valence-corrected chi connectivity index (χ3v) is 5.52. The zero-order valence-corrected chi connectivity index (χ0v) is 16.8. The molecular formula is C23H28F2N2O2. The predicted octanol–water partition coefficient (Wildman–Crippen LogP) is 3.21. The molecule has 2 atom stereocenters. The van der Waals surface area contributed by atoms with Crippen molar-refractivity contribution < 1.29 is 18.7 Å². The van der Waals surface area contributed by atoms with Crippen molar-refractivity contribution in [1.29, 1.82) is 0 Å². The molecular weight excluding hydrogens is 374 g/mol. The van der Waals surface area contributed by atoms with Gasteiger partial charge in [-0.3, -0.25) is 4.79 Å². The SMILES string of the molecule is CCc1cccc(C2(NC[C@H](O)[C@H](Cc3cc(F)cc(F)c3)NC(C)=O)CC2)c1. The lowest BCUT2D eigenvalue weighted by Crippen LogP contribution is -2.49. The molecule has 0 radical (unpaired) electrons. The van der Waals surface area contributed by atoms with E-state index >= 15 is 0 Å². The molecule has 6 heteroatoms. The van der Waals surface area contributed by atoms with E-state index in [4.69, 9.17) is 0 Å². The highest BCUT2D eigenvalue weighted by Gasteiger charge is 2.44. The number of aryl methyl sites for hydroxylation is 1. The van der Waals surface area contributed by atoms with E-state index in [0.29, 0.717) is 5.56 Å². The molecule has 0 unspecified atom stereocenters. The first-order valence-corrected chi connectivity index (χ1v) is 10.1. The molecule has 2 aromatic rings. The fourth-order valence-corrected chi connectivity index (χ4v) is 3.75. The molecule has 1 aliphatic carbocycles.